The van der Waals surface area contributed by atoms with Gasteiger partial charge in [0.1, 0.15) is 10.8 Å². The summed E-state index contributed by atoms with van der Waals surface area (Å²) in [5.74, 6) is -0.987. The average Bonchev–Trinajstić information content (AvgIpc) is 2.81. The number of alkyl halides is 3. The number of halogens is 3. The number of nitrogens with zero attached hydrogens (tertiary/aromatic N) is 2. The number of hydrogen-bond acceptors (Lipinski definition) is 7. The Hall–Kier alpha value is -3.93. The van der Waals surface area contributed by atoms with E-state index in [1.807, 2.05) is 0 Å². The Bertz CT molecular complexity index is 1220. The summed E-state index contributed by atoms with van der Waals surface area (Å²) >= 11 is 1.26. The summed E-state index contributed by atoms with van der Waals surface area (Å²) in [5, 5.41) is 5.50. The molecule has 2 N–H and O–H groups in total. The molecular formula is C23H19F3N4O4S. The van der Waals surface area contributed by atoms with Crippen LogP contribution in [0.15, 0.2) is 66.0 Å². The van der Waals surface area contributed by atoms with E-state index in [2.05, 4.69) is 25.3 Å². The quantitative estimate of drug-likeness (QED) is 0.342. The number of aromatic nitrogens is 2. The highest BCUT2D eigenvalue weighted by Gasteiger charge is 2.30. The first-order valence-electron chi connectivity index (χ1n) is 10.1. The van der Waals surface area contributed by atoms with Crippen LogP contribution in [-0.2, 0) is 26.3 Å². The number of pyridine rings is 2. The maximum atomic E-state index is 12.7. The molecule has 0 spiro atoms. The molecule has 12 heteroatoms. The van der Waals surface area contributed by atoms with Gasteiger partial charge in [0.25, 0.3) is 11.8 Å². The highest BCUT2D eigenvalue weighted by atomic mass is 32.2. The van der Waals surface area contributed by atoms with Crippen molar-refractivity contribution in [2.45, 2.75) is 23.9 Å². The maximum Gasteiger partial charge on any atom is 0.416 e. The molecule has 0 saturated heterocycles. The number of carbonyl (C=O) groups is 3. The van der Waals surface area contributed by atoms with Crippen LogP contribution in [0.2, 0.25) is 0 Å². The van der Waals surface area contributed by atoms with Crippen molar-refractivity contribution in [3.63, 3.8) is 0 Å². The van der Waals surface area contributed by atoms with Crippen LogP contribution in [0.5, 0.6) is 0 Å². The first kappa shape index (κ1) is 25.7. The first-order valence-corrected chi connectivity index (χ1v) is 11.0. The predicted octanol–water partition coefficient (Wildman–Crippen LogP) is 4.54. The highest BCUT2D eigenvalue weighted by molar-refractivity contribution is 7.98. The fourth-order valence-corrected chi connectivity index (χ4v) is 3.68. The molecule has 0 saturated carbocycles. The molecule has 8 nitrogen and oxygen atoms in total. The largest absolute Gasteiger partial charge is 0.456 e. The van der Waals surface area contributed by atoms with Crippen molar-refractivity contribution >= 4 is 41.1 Å². The standard InChI is InChI=1S/C23H19F3N4O4S/c1-14(31)34-12-20(32)30-19-11-15(8-10-27-19)13-35-22-18(3-2-9-28-22)21(33)29-17-6-4-16(5-7-17)23(24,25)26/h2-11H,12-13H2,1H3,(H,29,33)(H,27,30,32). The lowest BCUT2D eigenvalue weighted by atomic mass is 10.2. The van der Waals surface area contributed by atoms with Crippen molar-refractivity contribution < 1.29 is 32.3 Å². The van der Waals surface area contributed by atoms with Gasteiger partial charge in [-0.05, 0) is 54.1 Å². The number of carbonyl (C=O) groups excluding carboxylic acids is 3. The molecule has 0 aliphatic heterocycles. The summed E-state index contributed by atoms with van der Waals surface area (Å²) in [4.78, 5) is 43.6. The lowest BCUT2D eigenvalue weighted by Crippen LogP contribution is -2.20. The van der Waals surface area contributed by atoms with Crippen molar-refractivity contribution in [1.82, 2.24) is 9.97 Å². The minimum absolute atomic E-state index is 0.214. The molecule has 1 aromatic carbocycles. The zero-order valence-electron chi connectivity index (χ0n) is 18.3. The van der Waals surface area contributed by atoms with E-state index in [-0.39, 0.29) is 17.1 Å². The third-order valence-electron chi connectivity index (χ3n) is 4.36. The minimum Gasteiger partial charge on any atom is -0.456 e. The Labute approximate surface area is 202 Å². The van der Waals surface area contributed by atoms with Crippen LogP contribution < -0.4 is 10.6 Å². The number of amides is 2. The van der Waals surface area contributed by atoms with Crippen LogP contribution in [0.4, 0.5) is 24.7 Å². The van der Waals surface area contributed by atoms with E-state index < -0.39 is 36.1 Å². The van der Waals surface area contributed by atoms with Gasteiger partial charge in [-0.2, -0.15) is 13.2 Å². The van der Waals surface area contributed by atoms with Crippen molar-refractivity contribution in [3.05, 3.63) is 77.6 Å². The van der Waals surface area contributed by atoms with Crippen molar-refractivity contribution in [3.8, 4) is 0 Å². The smallest absolute Gasteiger partial charge is 0.416 e. The van der Waals surface area contributed by atoms with E-state index in [9.17, 15) is 27.6 Å². The number of anilines is 2. The van der Waals surface area contributed by atoms with E-state index in [1.54, 1.807) is 24.3 Å². The molecule has 0 aliphatic rings. The number of hydrogen-bond donors (Lipinski definition) is 2. The average molecular weight is 504 g/mol. The summed E-state index contributed by atoms with van der Waals surface area (Å²) in [5.41, 5.74) is 0.424. The molecule has 3 aromatic rings. The minimum atomic E-state index is -4.46. The second kappa shape index (κ2) is 11.5. The summed E-state index contributed by atoms with van der Waals surface area (Å²) in [6.07, 6.45) is -1.45. The molecule has 0 radical (unpaired) electrons. The third kappa shape index (κ3) is 7.81. The van der Waals surface area contributed by atoms with E-state index in [0.29, 0.717) is 10.8 Å². The first-order chi connectivity index (χ1) is 16.6. The van der Waals surface area contributed by atoms with Crippen LogP contribution in [-0.4, -0.2) is 34.4 Å². The molecule has 35 heavy (non-hydrogen) atoms. The number of benzene rings is 1. The Balaban J connectivity index is 1.64. The van der Waals surface area contributed by atoms with E-state index in [0.717, 1.165) is 17.7 Å². The molecule has 0 bridgehead atoms. The number of thioether (sulfide) groups is 1. The normalized spacial score (nSPS) is 11.0. The second-order valence-electron chi connectivity index (χ2n) is 7.05. The Morgan fingerprint density at radius 1 is 1.00 bits per heavy atom. The van der Waals surface area contributed by atoms with Crippen molar-refractivity contribution in [2.24, 2.45) is 0 Å². The topological polar surface area (TPSA) is 110 Å². The molecular weight excluding hydrogens is 485 g/mol. The Kier molecular flexibility index (Phi) is 8.42. The lowest BCUT2D eigenvalue weighted by Gasteiger charge is -2.11. The van der Waals surface area contributed by atoms with Gasteiger partial charge in [-0.15, -0.1) is 11.8 Å². The summed E-state index contributed by atoms with van der Waals surface area (Å²) in [7, 11) is 0. The summed E-state index contributed by atoms with van der Waals surface area (Å²) in [6.45, 7) is 0.764. The van der Waals surface area contributed by atoms with Crippen LogP contribution in [0, 0.1) is 0 Å². The molecule has 2 heterocycles. The molecule has 182 valence electrons. The lowest BCUT2D eigenvalue weighted by molar-refractivity contribution is -0.145. The van der Waals surface area contributed by atoms with E-state index in [4.69, 9.17) is 0 Å². The predicted molar refractivity (Wildman–Crippen MR) is 123 cm³/mol. The second-order valence-corrected chi connectivity index (χ2v) is 8.02. The monoisotopic (exact) mass is 504 g/mol. The molecule has 0 unspecified atom stereocenters. The Morgan fingerprint density at radius 2 is 1.74 bits per heavy atom. The van der Waals surface area contributed by atoms with Crippen molar-refractivity contribution in [1.29, 1.82) is 0 Å². The molecule has 0 fully saturated rings. The van der Waals surface area contributed by atoms with Gasteiger partial charge in [0, 0.05) is 30.8 Å². The highest BCUT2D eigenvalue weighted by Crippen LogP contribution is 2.30. The molecule has 3 rings (SSSR count). The van der Waals surface area contributed by atoms with Gasteiger partial charge in [0.05, 0.1) is 11.1 Å². The van der Waals surface area contributed by atoms with Gasteiger partial charge in [-0.1, -0.05) is 0 Å². The van der Waals surface area contributed by atoms with Crippen molar-refractivity contribution in [2.75, 3.05) is 17.2 Å². The molecule has 0 atom stereocenters. The van der Waals surface area contributed by atoms with Gasteiger partial charge in [0.15, 0.2) is 6.61 Å². The SMILES string of the molecule is CC(=O)OCC(=O)Nc1cc(CSc2ncccc2C(=O)Nc2ccc(C(F)(F)F)cc2)ccn1. The fourth-order valence-electron chi connectivity index (χ4n) is 2.75. The van der Waals surface area contributed by atoms with Gasteiger partial charge >= 0.3 is 12.1 Å². The molecule has 2 aromatic heterocycles. The molecule has 0 aliphatic carbocycles. The number of esters is 1. The van der Waals surface area contributed by atoms with Crippen LogP contribution in [0.1, 0.15) is 28.4 Å². The van der Waals surface area contributed by atoms with E-state index >= 15 is 0 Å². The fraction of sp³-hybridized carbons (Fsp3) is 0.174. The summed E-state index contributed by atoms with van der Waals surface area (Å²) < 4.78 is 42.8. The van der Waals surface area contributed by atoms with Gasteiger partial charge < -0.3 is 15.4 Å². The number of ether oxygens (including phenoxy) is 1. The number of nitrogens with one attached hydrogen (secondary N) is 2. The third-order valence-corrected chi connectivity index (χ3v) is 5.44. The summed E-state index contributed by atoms with van der Waals surface area (Å²) in [6, 6.07) is 10.6. The van der Waals surface area contributed by atoms with Gasteiger partial charge in [-0.3, -0.25) is 14.4 Å². The number of rotatable bonds is 8. The Morgan fingerprint density at radius 3 is 2.43 bits per heavy atom. The molecule has 2 amide bonds. The maximum absolute atomic E-state index is 12.7. The van der Waals surface area contributed by atoms with Crippen LogP contribution in [0.25, 0.3) is 0 Å². The zero-order valence-corrected chi connectivity index (χ0v) is 19.1. The van der Waals surface area contributed by atoms with E-state index in [1.165, 1.54) is 43.2 Å². The van der Waals surface area contributed by atoms with Gasteiger partial charge in [0.2, 0.25) is 0 Å². The van der Waals surface area contributed by atoms with Crippen LogP contribution >= 0.6 is 11.8 Å². The van der Waals surface area contributed by atoms with Crippen LogP contribution in [0.3, 0.4) is 0 Å². The van der Waals surface area contributed by atoms with Gasteiger partial charge in [-0.25, -0.2) is 9.97 Å². The zero-order chi connectivity index (χ0) is 25.4.